The molecule has 0 atom stereocenters. The predicted octanol–water partition coefficient (Wildman–Crippen LogP) is 2.92. The van der Waals surface area contributed by atoms with Crippen molar-refractivity contribution >= 4 is 28.9 Å². The molecule has 13 heavy (non-hydrogen) atoms. The van der Waals surface area contributed by atoms with E-state index in [0.717, 1.165) is 0 Å². The number of nitro benzene ring substituents is 1. The molecular formula is C7H5Cl2NO3. The van der Waals surface area contributed by atoms with Gasteiger partial charge in [-0.3, -0.25) is 10.1 Å². The largest absolute Gasteiger partial charge is 0.501 e. The standard InChI is InChI=1S/C7H5Cl2NO3/c1-3-4(8)2-5(9)7(11)6(3)10(12)13/h2,11H,1H3. The van der Waals surface area contributed by atoms with Crippen molar-refractivity contribution in [2.45, 2.75) is 6.92 Å². The van der Waals surface area contributed by atoms with Crippen molar-refractivity contribution in [1.29, 1.82) is 0 Å². The number of hydrogen-bond donors (Lipinski definition) is 1. The molecule has 1 N–H and O–H groups in total. The maximum absolute atomic E-state index is 10.5. The van der Waals surface area contributed by atoms with E-state index in [1.54, 1.807) is 0 Å². The number of hydrogen-bond acceptors (Lipinski definition) is 3. The molecule has 4 nitrogen and oxygen atoms in total. The highest BCUT2D eigenvalue weighted by Gasteiger charge is 2.22. The van der Waals surface area contributed by atoms with Crippen LogP contribution in [0.15, 0.2) is 6.07 Å². The van der Waals surface area contributed by atoms with E-state index < -0.39 is 16.4 Å². The molecule has 1 aromatic rings. The number of phenols is 1. The van der Waals surface area contributed by atoms with Crippen LogP contribution in [0.4, 0.5) is 5.69 Å². The Bertz CT molecular complexity index is 352. The summed E-state index contributed by atoms with van der Waals surface area (Å²) in [4.78, 5) is 9.76. The molecule has 0 aliphatic carbocycles. The van der Waals surface area contributed by atoms with Crippen molar-refractivity contribution in [2.24, 2.45) is 0 Å². The summed E-state index contributed by atoms with van der Waals surface area (Å²) in [5, 5.41) is 19.8. The summed E-state index contributed by atoms with van der Waals surface area (Å²) >= 11 is 11.1. The lowest BCUT2D eigenvalue weighted by Crippen LogP contribution is -1.93. The molecule has 0 saturated carbocycles. The van der Waals surface area contributed by atoms with Gasteiger partial charge in [-0.15, -0.1) is 0 Å². The Kier molecular flexibility index (Phi) is 2.63. The quantitative estimate of drug-likeness (QED) is 0.586. The molecule has 0 saturated heterocycles. The fraction of sp³-hybridized carbons (Fsp3) is 0.143. The summed E-state index contributed by atoms with van der Waals surface area (Å²) in [5.41, 5.74) is -0.244. The molecule has 70 valence electrons. The van der Waals surface area contributed by atoms with Gasteiger partial charge in [0.25, 0.3) is 0 Å². The third-order valence-corrected chi connectivity index (χ3v) is 2.28. The summed E-state index contributed by atoms with van der Waals surface area (Å²) in [6.07, 6.45) is 0. The summed E-state index contributed by atoms with van der Waals surface area (Å²) in [6.45, 7) is 1.44. The first kappa shape index (κ1) is 10.1. The fourth-order valence-electron chi connectivity index (χ4n) is 0.915. The number of rotatable bonds is 1. The van der Waals surface area contributed by atoms with Gasteiger partial charge in [-0.1, -0.05) is 23.2 Å². The van der Waals surface area contributed by atoms with Crippen LogP contribution in [0.25, 0.3) is 0 Å². The van der Waals surface area contributed by atoms with Crippen molar-refractivity contribution in [3.8, 4) is 5.75 Å². The Morgan fingerprint density at radius 1 is 1.46 bits per heavy atom. The van der Waals surface area contributed by atoms with Gasteiger partial charge in [-0.25, -0.2) is 0 Å². The van der Waals surface area contributed by atoms with Crippen LogP contribution in [-0.4, -0.2) is 10.0 Å². The van der Waals surface area contributed by atoms with E-state index in [1.165, 1.54) is 13.0 Å². The van der Waals surface area contributed by atoms with Gasteiger partial charge in [0.15, 0.2) is 0 Å². The van der Waals surface area contributed by atoms with Gasteiger partial charge in [-0.05, 0) is 13.0 Å². The van der Waals surface area contributed by atoms with Crippen LogP contribution < -0.4 is 0 Å². The van der Waals surface area contributed by atoms with Gasteiger partial charge in [0, 0.05) is 5.56 Å². The molecular weight excluding hydrogens is 217 g/mol. The molecule has 1 aromatic carbocycles. The lowest BCUT2D eigenvalue weighted by molar-refractivity contribution is -0.386. The Hall–Kier alpha value is -1.00. The van der Waals surface area contributed by atoms with Gasteiger partial charge < -0.3 is 5.11 Å². The van der Waals surface area contributed by atoms with E-state index in [0.29, 0.717) is 0 Å². The zero-order valence-electron chi connectivity index (χ0n) is 6.54. The molecule has 0 amide bonds. The van der Waals surface area contributed by atoms with Crippen LogP contribution >= 0.6 is 23.2 Å². The van der Waals surface area contributed by atoms with Crippen molar-refractivity contribution < 1.29 is 10.0 Å². The highest BCUT2D eigenvalue weighted by molar-refractivity contribution is 6.36. The first-order valence-electron chi connectivity index (χ1n) is 3.27. The molecule has 0 radical (unpaired) electrons. The number of halogens is 2. The summed E-state index contributed by atoms with van der Waals surface area (Å²) in [7, 11) is 0. The lowest BCUT2D eigenvalue weighted by atomic mass is 10.2. The Balaban J connectivity index is 3.56. The molecule has 6 heteroatoms. The van der Waals surface area contributed by atoms with Crippen LogP contribution in [0.3, 0.4) is 0 Å². The highest BCUT2D eigenvalue weighted by atomic mass is 35.5. The maximum atomic E-state index is 10.5. The van der Waals surface area contributed by atoms with Crippen LogP contribution in [0.5, 0.6) is 5.75 Å². The second-order valence-electron chi connectivity index (χ2n) is 2.42. The molecule has 0 heterocycles. The number of nitro groups is 1. The lowest BCUT2D eigenvalue weighted by Gasteiger charge is -2.03. The van der Waals surface area contributed by atoms with E-state index in [9.17, 15) is 15.2 Å². The highest BCUT2D eigenvalue weighted by Crippen LogP contribution is 2.39. The zero-order valence-corrected chi connectivity index (χ0v) is 8.06. The molecule has 0 aromatic heterocycles. The van der Waals surface area contributed by atoms with Crippen molar-refractivity contribution in [3.63, 3.8) is 0 Å². The van der Waals surface area contributed by atoms with Crippen LogP contribution in [0.1, 0.15) is 5.56 Å². The van der Waals surface area contributed by atoms with Crippen LogP contribution in [0.2, 0.25) is 10.0 Å². The van der Waals surface area contributed by atoms with Crippen LogP contribution in [0, 0.1) is 17.0 Å². The summed E-state index contributed by atoms with van der Waals surface area (Å²) in [5.74, 6) is -0.548. The predicted molar refractivity (Wildman–Crippen MR) is 49.5 cm³/mol. The van der Waals surface area contributed by atoms with E-state index >= 15 is 0 Å². The van der Waals surface area contributed by atoms with Gasteiger partial charge in [0.05, 0.1) is 15.0 Å². The first-order valence-corrected chi connectivity index (χ1v) is 4.02. The Labute approximate surface area is 83.9 Å². The summed E-state index contributed by atoms with van der Waals surface area (Å²) < 4.78 is 0. The number of phenolic OH excluding ortho intramolecular Hbond substituents is 1. The van der Waals surface area contributed by atoms with E-state index in [4.69, 9.17) is 23.2 Å². The molecule has 1 rings (SSSR count). The third-order valence-electron chi connectivity index (χ3n) is 1.60. The van der Waals surface area contributed by atoms with Crippen LogP contribution in [-0.2, 0) is 0 Å². The maximum Gasteiger partial charge on any atom is 0.316 e. The molecule has 0 aliphatic heterocycles. The average molecular weight is 222 g/mol. The number of nitrogens with zero attached hydrogens (tertiary/aromatic N) is 1. The average Bonchev–Trinajstić information content (AvgIpc) is 2.01. The minimum atomic E-state index is -0.720. The number of aromatic hydroxyl groups is 1. The van der Waals surface area contributed by atoms with Crippen molar-refractivity contribution in [1.82, 2.24) is 0 Å². The van der Waals surface area contributed by atoms with Gasteiger partial charge in [0.2, 0.25) is 5.75 Å². The second-order valence-corrected chi connectivity index (χ2v) is 3.23. The summed E-state index contributed by atoms with van der Waals surface area (Å²) in [6, 6.07) is 1.26. The Morgan fingerprint density at radius 3 is 2.46 bits per heavy atom. The SMILES string of the molecule is Cc1c(Cl)cc(Cl)c(O)c1[N+](=O)[O-]. The minimum absolute atomic E-state index is 0.123. The zero-order chi connectivity index (χ0) is 10.2. The van der Waals surface area contributed by atoms with Crippen molar-refractivity contribution in [3.05, 3.63) is 31.8 Å². The van der Waals surface area contributed by atoms with Gasteiger partial charge in [0.1, 0.15) is 0 Å². The Morgan fingerprint density at radius 2 is 2.00 bits per heavy atom. The monoisotopic (exact) mass is 221 g/mol. The third kappa shape index (κ3) is 1.68. The van der Waals surface area contributed by atoms with Gasteiger partial charge >= 0.3 is 5.69 Å². The van der Waals surface area contributed by atoms with Gasteiger partial charge in [-0.2, -0.15) is 0 Å². The van der Waals surface area contributed by atoms with E-state index in [2.05, 4.69) is 0 Å². The molecule has 0 aliphatic rings. The topological polar surface area (TPSA) is 63.4 Å². The van der Waals surface area contributed by atoms with E-state index in [-0.39, 0.29) is 15.6 Å². The fourth-order valence-corrected chi connectivity index (χ4v) is 1.37. The normalized spacial score (nSPS) is 10.1. The molecule has 0 bridgehead atoms. The molecule has 0 fully saturated rings. The van der Waals surface area contributed by atoms with Crippen molar-refractivity contribution in [2.75, 3.05) is 0 Å². The number of benzene rings is 1. The minimum Gasteiger partial charge on any atom is -0.501 e. The van der Waals surface area contributed by atoms with E-state index in [1.807, 2.05) is 0 Å². The molecule has 0 unspecified atom stereocenters. The molecule has 0 spiro atoms. The second kappa shape index (κ2) is 3.40. The first-order chi connectivity index (χ1) is 5.95. The smallest absolute Gasteiger partial charge is 0.316 e.